The lowest BCUT2D eigenvalue weighted by molar-refractivity contribution is -0.129. The summed E-state index contributed by atoms with van der Waals surface area (Å²) in [6.45, 7) is 5.01. The molecule has 1 aromatic carbocycles. The van der Waals surface area contributed by atoms with E-state index in [1.54, 1.807) is 11.8 Å². The molecule has 1 aliphatic rings. The number of rotatable bonds is 6. The Morgan fingerprint density at radius 3 is 2.70 bits per heavy atom. The van der Waals surface area contributed by atoms with Crippen molar-refractivity contribution < 1.29 is 14.3 Å². The Labute approximate surface area is 137 Å². The average Bonchev–Trinajstić information content (AvgIpc) is 3.02. The SMILES string of the molecule is CCN(Cc1ccccc1NC(=O)[C@@H]1CC[C@H](CN)O1)C(C)=O. The number of ether oxygens (including phenoxy) is 1. The Morgan fingerprint density at radius 1 is 1.35 bits per heavy atom. The third-order valence-corrected chi connectivity index (χ3v) is 4.13. The van der Waals surface area contributed by atoms with E-state index < -0.39 is 6.10 Å². The molecule has 6 heteroatoms. The molecule has 0 saturated carbocycles. The standard InChI is InChI=1S/C17H25N3O3/c1-3-20(12(2)21)11-13-6-4-5-7-15(13)19-17(22)16-9-8-14(10-18)23-16/h4-7,14,16H,3,8-11,18H2,1-2H3,(H,19,22)/t14-,16+/m1/s1. The summed E-state index contributed by atoms with van der Waals surface area (Å²) >= 11 is 0. The molecule has 0 aromatic heterocycles. The number of nitrogens with zero attached hydrogens (tertiary/aromatic N) is 1. The molecule has 1 heterocycles. The summed E-state index contributed by atoms with van der Waals surface area (Å²) in [6.07, 6.45) is 1.01. The van der Waals surface area contributed by atoms with Crippen LogP contribution in [-0.2, 0) is 20.9 Å². The molecule has 1 aliphatic heterocycles. The lowest BCUT2D eigenvalue weighted by Crippen LogP contribution is -2.31. The zero-order chi connectivity index (χ0) is 16.8. The van der Waals surface area contributed by atoms with Gasteiger partial charge in [0.25, 0.3) is 5.91 Å². The van der Waals surface area contributed by atoms with Gasteiger partial charge in [-0.2, -0.15) is 0 Å². The van der Waals surface area contributed by atoms with Crippen LogP contribution in [0, 0.1) is 0 Å². The molecule has 126 valence electrons. The number of hydrogen-bond acceptors (Lipinski definition) is 4. The molecule has 23 heavy (non-hydrogen) atoms. The normalized spacial score (nSPS) is 20.3. The largest absolute Gasteiger partial charge is 0.364 e. The van der Waals surface area contributed by atoms with Gasteiger partial charge in [0.2, 0.25) is 5.91 Å². The summed E-state index contributed by atoms with van der Waals surface area (Å²) < 4.78 is 5.62. The Morgan fingerprint density at radius 2 is 2.09 bits per heavy atom. The highest BCUT2D eigenvalue weighted by Crippen LogP contribution is 2.22. The Balaban J connectivity index is 2.05. The molecule has 3 N–H and O–H groups in total. The second-order valence-electron chi connectivity index (χ2n) is 5.74. The summed E-state index contributed by atoms with van der Waals surface area (Å²) in [4.78, 5) is 25.7. The number of amides is 2. The van der Waals surface area contributed by atoms with Crippen molar-refractivity contribution in [2.75, 3.05) is 18.4 Å². The maximum absolute atomic E-state index is 12.4. The van der Waals surface area contributed by atoms with Gasteiger partial charge < -0.3 is 20.7 Å². The highest BCUT2D eigenvalue weighted by Gasteiger charge is 2.30. The fraction of sp³-hybridized carbons (Fsp3) is 0.529. The van der Waals surface area contributed by atoms with E-state index in [0.29, 0.717) is 26.1 Å². The minimum atomic E-state index is -0.452. The van der Waals surface area contributed by atoms with Crippen LogP contribution >= 0.6 is 0 Å². The Bertz CT molecular complexity index is 562. The fourth-order valence-corrected chi connectivity index (χ4v) is 2.72. The van der Waals surface area contributed by atoms with Crippen LogP contribution < -0.4 is 11.1 Å². The number of carbonyl (C=O) groups excluding carboxylic acids is 2. The lowest BCUT2D eigenvalue weighted by Gasteiger charge is -2.21. The fourth-order valence-electron chi connectivity index (χ4n) is 2.72. The zero-order valence-electron chi connectivity index (χ0n) is 13.7. The number of para-hydroxylation sites is 1. The van der Waals surface area contributed by atoms with E-state index in [0.717, 1.165) is 17.7 Å². The van der Waals surface area contributed by atoms with E-state index in [1.165, 1.54) is 0 Å². The number of hydrogen-bond donors (Lipinski definition) is 2. The van der Waals surface area contributed by atoms with Gasteiger partial charge in [-0.3, -0.25) is 9.59 Å². The molecule has 2 amide bonds. The number of nitrogens with one attached hydrogen (secondary N) is 1. The predicted molar refractivity (Wildman–Crippen MR) is 88.8 cm³/mol. The molecule has 1 fully saturated rings. The minimum absolute atomic E-state index is 0.0125. The van der Waals surface area contributed by atoms with Gasteiger partial charge in [-0.05, 0) is 31.4 Å². The van der Waals surface area contributed by atoms with Crippen LogP contribution in [0.25, 0.3) is 0 Å². The molecule has 2 atom stereocenters. The summed E-state index contributed by atoms with van der Waals surface area (Å²) in [6, 6.07) is 7.52. The molecule has 0 radical (unpaired) electrons. The van der Waals surface area contributed by atoms with Gasteiger partial charge in [-0.1, -0.05) is 18.2 Å². The van der Waals surface area contributed by atoms with E-state index in [1.807, 2.05) is 31.2 Å². The molecular formula is C17H25N3O3. The van der Waals surface area contributed by atoms with Crippen molar-refractivity contribution in [1.29, 1.82) is 0 Å². The van der Waals surface area contributed by atoms with Crippen molar-refractivity contribution in [3.8, 4) is 0 Å². The topological polar surface area (TPSA) is 84.7 Å². The van der Waals surface area contributed by atoms with Gasteiger partial charge in [-0.25, -0.2) is 0 Å². The van der Waals surface area contributed by atoms with E-state index in [2.05, 4.69) is 5.32 Å². The van der Waals surface area contributed by atoms with Crippen LogP contribution in [0.2, 0.25) is 0 Å². The molecule has 1 saturated heterocycles. The van der Waals surface area contributed by atoms with Crippen LogP contribution in [-0.4, -0.2) is 42.0 Å². The molecule has 6 nitrogen and oxygen atoms in total. The van der Waals surface area contributed by atoms with Crippen LogP contribution in [0.5, 0.6) is 0 Å². The van der Waals surface area contributed by atoms with Crippen LogP contribution in [0.1, 0.15) is 32.3 Å². The van der Waals surface area contributed by atoms with Crippen LogP contribution in [0.4, 0.5) is 5.69 Å². The highest BCUT2D eigenvalue weighted by atomic mass is 16.5. The number of anilines is 1. The van der Waals surface area contributed by atoms with Gasteiger partial charge in [-0.15, -0.1) is 0 Å². The van der Waals surface area contributed by atoms with Crippen molar-refractivity contribution in [1.82, 2.24) is 4.90 Å². The first kappa shape index (κ1) is 17.4. The quantitative estimate of drug-likeness (QED) is 0.832. The van der Waals surface area contributed by atoms with Crippen LogP contribution in [0.3, 0.4) is 0 Å². The van der Waals surface area contributed by atoms with Crippen molar-refractivity contribution >= 4 is 17.5 Å². The maximum atomic E-state index is 12.4. The molecule has 0 spiro atoms. The number of benzene rings is 1. The van der Waals surface area contributed by atoms with Crippen molar-refractivity contribution in [2.45, 2.75) is 45.4 Å². The van der Waals surface area contributed by atoms with E-state index in [9.17, 15) is 9.59 Å². The monoisotopic (exact) mass is 319 g/mol. The first-order chi connectivity index (χ1) is 11.0. The van der Waals surface area contributed by atoms with Gasteiger partial charge in [0, 0.05) is 32.2 Å². The van der Waals surface area contributed by atoms with Crippen molar-refractivity contribution in [3.63, 3.8) is 0 Å². The molecule has 1 aromatic rings. The maximum Gasteiger partial charge on any atom is 0.253 e. The van der Waals surface area contributed by atoms with Crippen LogP contribution in [0.15, 0.2) is 24.3 Å². The average molecular weight is 319 g/mol. The third-order valence-electron chi connectivity index (χ3n) is 4.13. The first-order valence-corrected chi connectivity index (χ1v) is 8.05. The summed E-state index contributed by atoms with van der Waals surface area (Å²) in [5, 5.41) is 2.92. The summed E-state index contributed by atoms with van der Waals surface area (Å²) in [5.41, 5.74) is 7.21. The number of nitrogens with two attached hydrogens (primary N) is 1. The number of carbonyl (C=O) groups is 2. The minimum Gasteiger partial charge on any atom is -0.364 e. The third kappa shape index (κ3) is 4.53. The molecule has 0 bridgehead atoms. The highest BCUT2D eigenvalue weighted by molar-refractivity contribution is 5.95. The lowest BCUT2D eigenvalue weighted by atomic mass is 10.1. The second kappa shape index (κ2) is 8.08. The van der Waals surface area contributed by atoms with Gasteiger partial charge >= 0.3 is 0 Å². The van der Waals surface area contributed by atoms with E-state index in [-0.39, 0.29) is 17.9 Å². The molecular weight excluding hydrogens is 294 g/mol. The smallest absolute Gasteiger partial charge is 0.253 e. The molecule has 0 aliphatic carbocycles. The summed E-state index contributed by atoms with van der Waals surface area (Å²) in [5.74, 6) is -0.141. The predicted octanol–water partition coefficient (Wildman–Crippen LogP) is 1.50. The van der Waals surface area contributed by atoms with E-state index >= 15 is 0 Å². The summed E-state index contributed by atoms with van der Waals surface area (Å²) in [7, 11) is 0. The first-order valence-electron chi connectivity index (χ1n) is 8.05. The molecule has 2 rings (SSSR count). The zero-order valence-corrected chi connectivity index (χ0v) is 13.7. The Hall–Kier alpha value is -1.92. The van der Waals surface area contributed by atoms with Gasteiger partial charge in [0.15, 0.2) is 0 Å². The van der Waals surface area contributed by atoms with Crippen molar-refractivity contribution in [2.24, 2.45) is 5.73 Å². The van der Waals surface area contributed by atoms with Gasteiger partial charge in [0.1, 0.15) is 6.10 Å². The molecule has 0 unspecified atom stereocenters. The van der Waals surface area contributed by atoms with E-state index in [4.69, 9.17) is 10.5 Å². The Kier molecular flexibility index (Phi) is 6.12. The van der Waals surface area contributed by atoms with Gasteiger partial charge in [0.05, 0.1) is 6.10 Å². The second-order valence-corrected chi connectivity index (χ2v) is 5.74. The van der Waals surface area contributed by atoms with Crippen molar-refractivity contribution in [3.05, 3.63) is 29.8 Å².